The minimum Gasteiger partial charge on any atom is -0.303 e. The lowest BCUT2D eigenvalue weighted by Gasteiger charge is -2.18. The third kappa shape index (κ3) is 6.57. The molecule has 0 saturated heterocycles. The fourth-order valence-electron chi connectivity index (χ4n) is 0.995. The van der Waals surface area contributed by atoms with Gasteiger partial charge in [-0.3, -0.25) is 4.39 Å². The first-order chi connectivity index (χ1) is 5.35. The maximum Gasteiger partial charge on any atom is 0.0906 e. The molecular weight excluding hydrogens is 165 g/mol. The van der Waals surface area contributed by atoms with Crippen LogP contribution in [-0.4, -0.2) is 37.1 Å². The maximum atomic E-state index is 11.8. The minimum atomic E-state index is -0.211. The average molecular weight is 182 g/mol. The molecule has 11 heavy (non-hydrogen) atoms. The summed E-state index contributed by atoms with van der Waals surface area (Å²) in [6.07, 6.45) is 1.65. The summed E-state index contributed by atoms with van der Waals surface area (Å²) in [5, 5.41) is 0. The van der Waals surface area contributed by atoms with E-state index in [1.807, 2.05) is 0 Å². The van der Waals surface area contributed by atoms with E-state index >= 15 is 0 Å². The van der Waals surface area contributed by atoms with E-state index in [9.17, 15) is 4.39 Å². The van der Waals surface area contributed by atoms with Crippen molar-refractivity contribution in [3.05, 3.63) is 0 Å². The molecule has 0 rings (SSSR count). The molecule has 0 N–H and O–H groups in total. The van der Waals surface area contributed by atoms with E-state index in [0.717, 1.165) is 26.1 Å². The van der Waals surface area contributed by atoms with E-state index < -0.39 is 0 Å². The van der Waals surface area contributed by atoms with Gasteiger partial charge in [0.25, 0.3) is 0 Å². The third-order valence-electron chi connectivity index (χ3n) is 1.66. The molecule has 1 nitrogen and oxygen atoms in total. The van der Waals surface area contributed by atoms with Crippen molar-refractivity contribution < 1.29 is 4.39 Å². The first kappa shape index (κ1) is 11.2. The smallest absolute Gasteiger partial charge is 0.0906 e. The standard InChI is InChI=1S/C8H17ClFN/c1-2-11(7-3-5-9)8-4-6-10/h2-8H2,1H3. The fraction of sp³-hybridized carbons (Fsp3) is 1.00. The summed E-state index contributed by atoms with van der Waals surface area (Å²) in [5.74, 6) is 0.701. The van der Waals surface area contributed by atoms with Gasteiger partial charge in [0.1, 0.15) is 0 Å². The molecule has 0 radical (unpaired) electrons. The number of hydrogen-bond acceptors (Lipinski definition) is 1. The van der Waals surface area contributed by atoms with Crippen LogP contribution in [-0.2, 0) is 0 Å². The van der Waals surface area contributed by atoms with Crippen LogP contribution in [0.5, 0.6) is 0 Å². The Kier molecular flexibility index (Phi) is 8.41. The highest BCUT2D eigenvalue weighted by atomic mass is 35.5. The van der Waals surface area contributed by atoms with Crippen molar-refractivity contribution in [2.24, 2.45) is 0 Å². The van der Waals surface area contributed by atoms with E-state index in [2.05, 4.69) is 11.8 Å². The quantitative estimate of drug-likeness (QED) is 0.545. The van der Waals surface area contributed by atoms with Crippen LogP contribution < -0.4 is 0 Å². The highest BCUT2D eigenvalue weighted by Gasteiger charge is 1.99. The zero-order valence-corrected chi connectivity index (χ0v) is 7.91. The number of halogens is 2. The molecule has 0 heterocycles. The van der Waals surface area contributed by atoms with Crippen molar-refractivity contribution in [1.29, 1.82) is 0 Å². The van der Waals surface area contributed by atoms with Gasteiger partial charge < -0.3 is 4.90 Å². The molecule has 0 fully saturated rings. The molecule has 0 amide bonds. The molecule has 0 aromatic heterocycles. The SMILES string of the molecule is CCN(CCCF)CCCCl. The first-order valence-electron chi connectivity index (χ1n) is 4.19. The molecule has 0 aromatic rings. The Morgan fingerprint density at radius 2 is 1.91 bits per heavy atom. The molecule has 68 valence electrons. The molecule has 0 saturated carbocycles. The second-order valence-corrected chi connectivity index (χ2v) is 2.90. The number of rotatable bonds is 7. The van der Waals surface area contributed by atoms with Crippen LogP contribution in [0.4, 0.5) is 4.39 Å². The number of hydrogen-bond donors (Lipinski definition) is 0. The second kappa shape index (κ2) is 8.28. The van der Waals surface area contributed by atoms with Gasteiger partial charge >= 0.3 is 0 Å². The van der Waals surface area contributed by atoms with Gasteiger partial charge in [-0.2, -0.15) is 0 Å². The van der Waals surface area contributed by atoms with Crippen LogP contribution in [0, 0.1) is 0 Å². The van der Waals surface area contributed by atoms with Crippen molar-refractivity contribution in [1.82, 2.24) is 4.90 Å². The fourth-order valence-corrected chi connectivity index (χ4v) is 1.11. The van der Waals surface area contributed by atoms with Gasteiger partial charge in [-0.15, -0.1) is 11.6 Å². The van der Waals surface area contributed by atoms with E-state index in [4.69, 9.17) is 11.6 Å². The highest BCUT2D eigenvalue weighted by Crippen LogP contribution is 1.95. The Balaban J connectivity index is 3.25. The van der Waals surface area contributed by atoms with E-state index in [1.54, 1.807) is 0 Å². The number of nitrogens with zero attached hydrogens (tertiary/aromatic N) is 1. The zero-order chi connectivity index (χ0) is 8.53. The Morgan fingerprint density at radius 1 is 1.27 bits per heavy atom. The van der Waals surface area contributed by atoms with Gasteiger partial charge in [0.15, 0.2) is 0 Å². The van der Waals surface area contributed by atoms with Crippen LogP contribution in [0.1, 0.15) is 19.8 Å². The van der Waals surface area contributed by atoms with E-state index in [-0.39, 0.29) is 6.67 Å². The first-order valence-corrected chi connectivity index (χ1v) is 4.72. The summed E-state index contributed by atoms with van der Waals surface area (Å²) in [4.78, 5) is 2.22. The molecule has 0 aliphatic rings. The van der Waals surface area contributed by atoms with Crippen LogP contribution in [0.25, 0.3) is 0 Å². The largest absolute Gasteiger partial charge is 0.303 e. The summed E-state index contributed by atoms with van der Waals surface area (Å²) in [7, 11) is 0. The van der Waals surface area contributed by atoms with E-state index in [1.165, 1.54) is 0 Å². The van der Waals surface area contributed by atoms with Gasteiger partial charge in [0, 0.05) is 12.4 Å². The predicted octanol–water partition coefficient (Wildman–Crippen LogP) is 2.30. The van der Waals surface area contributed by atoms with Crippen LogP contribution >= 0.6 is 11.6 Å². The Hall–Kier alpha value is 0.180. The molecular formula is C8H17ClFN. The average Bonchev–Trinajstić information content (AvgIpc) is 2.05. The minimum absolute atomic E-state index is 0.211. The summed E-state index contributed by atoms with van der Waals surface area (Å²) < 4.78 is 11.8. The molecule has 0 aliphatic carbocycles. The van der Waals surface area contributed by atoms with Gasteiger partial charge in [0.2, 0.25) is 0 Å². The summed E-state index contributed by atoms with van der Waals surface area (Å²) in [6, 6.07) is 0. The highest BCUT2D eigenvalue weighted by molar-refractivity contribution is 6.17. The Labute approximate surface area is 73.5 Å². The Bertz CT molecular complexity index is 72.5. The van der Waals surface area contributed by atoms with E-state index in [0.29, 0.717) is 12.3 Å². The van der Waals surface area contributed by atoms with Crippen molar-refractivity contribution in [2.75, 3.05) is 32.2 Å². The van der Waals surface area contributed by atoms with Gasteiger partial charge in [-0.1, -0.05) is 6.92 Å². The van der Waals surface area contributed by atoms with Gasteiger partial charge in [-0.05, 0) is 25.9 Å². The summed E-state index contributed by atoms with van der Waals surface area (Å²) in [6.45, 7) is 4.74. The summed E-state index contributed by atoms with van der Waals surface area (Å²) >= 11 is 5.54. The maximum absolute atomic E-state index is 11.8. The van der Waals surface area contributed by atoms with Crippen molar-refractivity contribution in [3.63, 3.8) is 0 Å². The topological polar surface area (TPSA) is 3.24 Å². The third-order valence-corrected chi connectivity index (χ3v) is 1.93. The Morgan fingerprint density at radius 3 is 2.36 bits per heavy atom. The van der Waals surface area contributed by atoms with Crippen molar-refractivity contribution >= 4 is 11.6 Å². The monoisotopic (exact) mass is 181 g/mol. The van der Waals surface area contributed by atoms with Crippen LogP contribution in [0.15, 0.2) is 0 Å². The van der Waals surface area contributed by atoms with Gasteiger partial charge in [-0.25, -0.2) is 0 Å². The normalized spacial score (nSPS) is 10.9. The zero-order valence-electron chi connectivity index (χ0n) is 7.15. The van der Waals surface area contributed by atoms with Crippen LogP contribution in [0.3, 0.4) is 0 Å². The van der Waals surface area contributed by atoms with Crippen LogP contribution in [0.2, 0.25) is 0 Å². The molecule has 0 aliphatic heterocycles. The summed E-state index contributed by atoms with van der Waals surface area (Å²) in [5.41, 5.74) is 0. The molecule has 3 heteroatoms. The lowest BCUT2D eigenvalue weighted by molar-refractivity contribution is 0.272. The van der Waals surface area contributed by atoms with Gasteiger partial charge in [0.05, 0.1) is 6.67 Å². The van der Waals surface area contributed by atoms with Crippen molar-refractivity contribution in [3.8, 4) is 0 Å². The lowest BCUT2D eigenvalue weighted by Crippen LogP contribution is -2.26. The number of alkyl halides is 2. The molecule has 0 unspecified atom stereocenters. The predicted molar refractivity (Wildman–Crippen MR) is 48.0 cm³/mol. The molecule has 0 bridgehead atoms. The lowest BCUT2D eigenvalue weighted by atomic mass is 10.3. The molecule has 0 aromatic carbocycles. The molecule has 0 atom stereocenters. The second-order valence-electron chi connectivity index (χ2n) is 2.52. The van der Waals surface area contributed by atoms with Crippen molar-refractivity contribution in [2.45, 2.75) is 19.8 Å². The molecule has 0 spiro atoms.